The fraction of sp³-hybridized carbons (Fsp3) is 0.350. The molecule has 1 amide bonds. The van der Waals surface area contributed by atoms with Crippen molar-refractivity contribution in [1.82, 2.24) is 15.5 Å². The second-order valence-corrected chi connectivity index (χ2v) is 7.10. The van der Waals surface area contributed by atoms with E-state index in [1.807, 2.05) is 0 Å². The normalized spacial score (nSPS) is 19.2. The van der Waals surface area contributed by atoms with Crippen molar-refractivity contribution in [2.45, 2.75) is 44.7 Å². The van der Waals surface area contributed by atoms with E-state index in [9.17, 15) is 9.18 Å². The summed E-state index contributed by atoms with van der Waals surface area (Å²) in [5.74, 6) is -0.513. The third-order valence-corrected chi connectivity index (χ3v) is 5.11. The Morgan fingerprint density at radius 1 is 1.21 bits per heavy atom. The summed E-state index contributed by atoms with van der Waals surface area (Å²) in [5.41, 5.74) is 8.55. The van der Waals surface area contributed by atoms with E-state index in [4.69, 9.17) is 10.3 Å². The molecule has 3 N–H and O–H groups in total. The lowest BCUT2D eigenvalue weighted by Crippen LogP contribution is -2.40. The number of pyridine rings is 1. The van der Waals surface area contributed by atoms with Crippen molar-refractivity contribution in [3.8, 4) is 11.3 Å². The molecule has 0 aliphatic heterocycles. The third-order valence-electron chi connectivity index (χ3n) is 5.11. The Kier molecular flexibility index (Phi) is 5.96. The van der Waals surface area contributed by atoms with Gasteiger partial charge in [0.25, 0.3) is 11.6 Å². The predicted molar refractivity (Wildman–Crippen MR) is 107 cm³/mol. The molecule has 0 radical (unpaired) electrons. The molecule has 2 heterocycles. The van der Waals surface area contributed by atoms with Crippen LogP contribution < -0.4 is 11.1 Å². The number of hydrogen-bond donors (Lipinski definition) is 2. The highest BCUT2D eigenvalue weighted by Crippen LogP contribution is 2.28. The number of rotatable bonds is 3. The second-order valence-electron chi connectivity index (χ2n) is 7.10. The van der Waals surface area contributed by atoms with Gasteiger partial charge in [0.2, 0.25) is 0 Å². The van der Waals surface area contributed by atoms with E-state index < -0.39 is 0 Å². The molecule has 148 valence electrons. The van der Waals surface area contributed by atoms with Gasteiger partial charge in [0.1, 0.15) is 5.82 Å². The number of carbonyl (C=O) groups is 1. The molecule has 6 nitrogen and oxygen atoms in total. The fourth-order valence-corrected chi connectivity index (χ4v) is 3.57. The molecule has 1 aromatic carbocycles. The maximum absolute atomic E-state index is 13.2. The van der Waals surface area contributed by atoms with Crippen LogP contribution >= 0.6 is 12.4 Å². The first kappa shape index (κ1) is 20.2. The van der Waals surface area contributed by atoms with Crippen LogP contribution in [0.3, 0.4) is 0 Å². The van der Waals surface area contributed by atoms with Crippen molar-refractivity contribution in [3.63, 3.8) is 0 Å². The summed E-state index contributed by atoms with van der Waals surface area (Å²) in [6.07, 6.45) is 3.55. The molecule has 1 fully saturated rings. The van der Waals surface area contributed by atoms with Crippen LogP contribution in [0.25, 0.3) is 22.4 Å². The van der Waals surface area contributed by atoms with Crippen LogP contribution in [0, 0.1) is 12.7 Å². The molecule has 1 aliphatic rings. The lowest BCUT2D eigenvalue weighted by molar-refractivity contribution is 0.0927. The van der Waals surface area contributed by atoms with Crippen molar-refractivity contribution in [2.24, 2.45) is 5.73 Å². The van der Waals surface area contributed by atoms with Gasteiger partial charge in [-0.25, -0.2) is 9.37 Å². The number of carbonyl (C=O) groups excluding carboxylic acids is 1. The van der Waals surface area contributed by atoms with Crippen LogP contribution in [0.15, 0.2) is 34.9 Å². The minimum atomic E-state index is -0.330. The maximum atomic E-state index is 13.2. The first-order valence-corrected chi connectivity index (χ1v) is 9.10. The van der Waals surface area contributed by atoms with Gasteiger partial charge in [-0.15, -0.1) is 12.4 Å². The number of aryl methyl sites for hydroxylation is 1. The van der Waals surface area contributed by atoms with E-state index in [0.29, 0.717) is 33.6 Å². The zero-order valence-electron chi connectivity index (χ0n) is 15.4. The van der Waals surface area contributed by atoms with Gasteiger partial charge in [-0.1, -0.05) is 5.16 Å². The monoisotopic (exact) mass is 404 g/mol. The van der Waals surface area contributed by atoms with E-state index in [1.165, 1.54) is 12.1 Å². The van der Waals surface area contributed by atoms with E-state index in [-0.39, 0.29) is 36.2 Å². The van der Waals surface area contributed by atoms with Crippen molar-refractivity contribution in [3.05, 3.63) is 47.4 Å². The number of halogens is 2. The van der Waals surface area contributed by atoms with Gasteiger partial charge in [0.15, 0.2) is 0 Å². The Balaban J connectivity index is 0.00000225. The van der Waals surface area contributed by atoms with E-state index in [0.717, 1.165) is 25.7 Å². The molecule has 0 bridgehead atoms. The molecule has 0 spiro atoms. The summed E-state index contributed by atoms with van der Waals surface area (Å²) >= 11 is 0. The first-order valence-electron chi connectivity index (χ1n) is 9.10. The van der Waals surface area contributed by atoms with Gasteiger partial charge < -0.3 is 15.6 Å². The van der Waals surface area contributed by atoms with E-state index in [2.05, 4.69) is 15.5 Å². The van der Waals surface area contributed by atoms with Gasteiger partial charge in [0.05, 0.1) is 22.3 Å². The molecule has 4 rings (SSSR count). The smallest absolute Gasteiger partial charge is 0.259 e. The average Bonchev–Trinajstić information content (AvgIpc) is 3.04. The number of benzene rings is 1. The molecular weight excluding hydrogens is 383 g/mol. The summed E-state index contributed by atoms with van der Waals surface area (Å²) in [6, 6.07) is 8.00. The van der Waals surface area contributed by atoms with Crippen molar-refractivity contribution < 1.29 is 13.7 Å². The molecule has 0 saturated heterocycles. The van der Waals surface area contributed by atoms with Crippen LogP contribution in [0.4, 0.5) is 4.39 Å². The van der Waals surface area contributed by atoms with Crippen LogP contribution in [-0.2, 0) is 0 Å². The van der Waals surface area contributed by atoms with Crippen LogP contribution in [0.2, 0.25) is 0 Å². The van der Waals surface area contributed by atoms with Crippen LogP contribution in [0.1, 0.15) is 41.7 Å². The summed E-state index contributed by atoms with van der Waals surface area (Å²) in [5, 5.41) is 7.65. The summed E-state index contributed by atoms with van der Waals surface area (Å²) in [7, 11) is 0. The highest BCUT2D eigenvalue weighted by molar-refractivity contribution is 6.07. The van der Waals surface area contributed by atoms with E-state index in [1.54, 1.807) is 25.1 Å². The van der Waals surface area contributed by atoms with Gasteiger partial charge in [-0.05, 0) is 62.9 Å². The number of fused-ring (bicyclic) bond motifs is 1. The maximum Gasteiger partial charge on any atom is 0.259 e. The lowest BCUT2D eigenvalue weighted by atomic mass is 9.91. The number of nitrogens with one attached hydrogen (secondary N) is 1. The summed E-state index contributed by atoms with van der Waals surface area (Å²) in [4.78, 5) is 17.4. The highest BCUT2D eigenvalue weighted by Gasteiger charge is 2.24. The van der Waals surface area contributed by atoms with Gasteiger partial charge in [0, 0.05) is 17.6 Å². The Labute approximate surface area is 168 Å². The Morgan fingerprint density at radius 2 is 1.89 bits per heavy atom. The molecule has 1 saturated carbocycles. The number of hydrogen-bond acceptors (Lipinski definition) is 5. The number of amides is 1. The van der Waals surface area contributed by atoms with E-state index >= 15 is 0 Å². The molecule has 8 heteroatoms. The highest BCUT2D eigenvalue weighted by atomic mass is 35.5. The molecule has 0 unspecified atom stereocenters. The minimum absolute atomic E-state index is 0. The molecule has 3 aromatic rings. The van der Waals surface area contributed by atoms with Crippen molar-refractivity contribution in [2.75, 3.05) is 0 Å². The number of nitrogens with zero attached hydrogens (tertiary/aromatic N) is 2. The molecule has 28 heavy (non-hydrogen) atoms. The predicted octanol–water partition coefficient (Wildman–Crippen LogP) is 3.76. The largest absolute Gasteiger partial charge is 0.349 e. The zero-order valence-corrected chi connectivity index (χ0v) is 16.3. The standard InChI is InChI=1S/C20H21FN4O2.ClH/c1-11-18-16(19(26)23-15-8-6-14(22)7-9-15)10-17(24-20(18)27-25-11)12-2-4-13(21)5-3-12;/h2-5,10,14-15H,6-9,22H2,1H3,(H,23,26);1H. The van der Waals surface area contributed by atoms with Crippen LogP contribution in [-0.4, -0.2) is 28.1 Å². The third kappa shape index (κ3) is 4.00. The fourth-order valence-electron chi connectivity index (χ4n) is 3.57. The Morgan fingerprint density at radius 3 is 2.57 bits per heavy atom. The summed E-state index contributed by atoms with van der Waals surface area (Å²) < 4.78 is 18.5. The topological polar surface area (TPSA) is 94.0 Å². The quantitative estimate of drug-likeness (QED) is 0.693. The molecule has 2 aromatic heterocycles. The van der Waals surface area contributed by atoms with Crippen molar-refractivity contribution in [1.29, 1.82) is 0 Å². The summed E-state index contributed by atoms with van der Waals surface area (Å²) in [6.45, 7) is 1.78. The Bertz CT molecular complexity index is 982. The minimum Gasteiger partial charge on any atom is -0.349 e. The number of aromatic nitrogens is 2. The molecular formula is C20H22ClFN4O2. The second kappa shape index (κ2) is 8.24. The number of nitrogens with two attached hydrogens (primary N) is 1. The molecule has 0 atom stereocenters. The molecule has 1 aliphatic carbocycles. The van der Waals surface area contributed by atoms with Crippen LogP contribution in [0.5, 0.6) is 0 Å². The zero-order chi connectivity index (χ0) is 19.0. The van der Waals surface area contributed by atoms with Gasteiger partial charge >= 0.3 is 0 Å². The van der Waals surface area contributed by atoms with Crippen molar-refractivity contribution >= 4 is 29.4 Å². The Hall–Kier alpha value is -2.51. The van der Waals surface area contributed by atoms with Gasteiger partial charge in [-0.3, -0.25) is 4.79 Å². The van der Waals surface area contributed by atoms with Gasteiger partial charge in [-0.2, -0.15) is 0 Å². The lowest BCUT2D eigenvalue weighted by Gasteiger charge is -2.26. The SMILES string of the molecule is Cc1noc2nc(-c3ccc(F)cc3)cc(C(=O)NC3CCC(N)CC3)c12.Cl. The first-order chi connectivity index (χ1) is 13.0. The average molecular weight is 405 g/mol.